The maximum atomic E-state index is 12.5. The van der Waals surface area contributed by atoms with Crippen molar-refractivity contribution in [3.05, 3.63) is 34.9 Å². The van der Waals surface area contributed by atoms with E-state index in [2.05, 4.69) is 19.9 Å². The Morgan fingerprint density at radius 2 is 1.74 bits per heavy atom. The van der Waals surface area contributed by atoms with Crippen molar-refractivity contribution in [2.45, 2.75) is 45.4 Å². The van der Waals surface area contributed by atoms with Crippen LogP contribution in [0.25, 0.3) is 0 Å². The van der Waals surface area contributed by atoms with E-state index in [9.17, 15) is 10.1 Å². The zero-order valence-corrected chi connectivity index (χ0v) is 12.3. The van der Waals surface area contributed by atoms with Gasteiger partial charge in [0.05, 0.1) is 6.07 Å². The van der Waals surface area contributed by atoms with Crippen LogP contribution >= 0.6 is 11.6 Å². The molecule has 1 atom stereocenters. The quantitative estimate of drug-likeness (QED) is 0.723. The van der Waals surface area contributed by atoms with E-state index in [1.165, 1.54) is 0 Å². The van der Waals surface area contributed by atoms with Gasteiger partial charge < -0.3 is 0 Å². The van der Waals surface area contributed by atoms with Gasteiger partial charge in [0.2, 0.25) is 0 Å². The number of carbonyl (C=O) groups excluding carboxylic acids is 1. The molecule has 1 aromatic rings. The lowest BCUT2D eigenvalue weighted by Crippen LogP contribution is -2.21. The summed E-state index contributed by atoms with van der Waals surface area (Å²) >= 11 is 5.83. The molecule has 0 aliphatic carbocycles. The predicted molar refractivity (Wildman–Crippen MR) is 78.1 cm³/mol. The van der Waals surface area contributed by atoms with E-state index in [4.69, 9.17) is 11.6 Å². The molecule has 0 bridgehead atoms. The zero-order chi connectivity index (χ0) is 14.3. The zero-order valence-electron chi connectivity index (χ0n) is 11.5. The molecule has 0 aromatic heterocycles. The van der Waals surface area contributed by atoms with E-state index in [0.717, 1.165) is 31.2 Å². The summed E-state index contributed by atoms with van der Waals surface area (Å²) in [7, 11) is 0. The van der Waals surface area contributed by atoms with Crippen molar-refractivity contribution in [3.63, 3.8) is 0 Å². The molecule has 1 aromatic carbocycles. The Kier molecular flexibility index (Phi) is 6.59. The van der Waals surface area contributed by atoms with Crippen LogP contribution in [0.4, 0.5) is 0 Å². The minimum atomic E-state index is -0.666. The van der Waals surface area contributed by atoms with Crippen LogP contribution in [0.1, 0.15) is 51.0 Å². The Bertz CT molecular complexity index is 441. The molecule has 0 saturated heterocycles. The maximum absolute atomic E-state index is 12.5. The highest BCUT2D eigenvalue weighted by molar-refractivity contribution is 6.30. The van der Waals surface area contributed by atoms with Crippen LogP contribution in [0, 0.1) is 17.2 Å². The van der Waals surface area contributed by atoms with Gasteiger partial charge in [-0.15, -0.1) is 0 Å². The SMILES string of the molecule is CCCC(CCC)C(=O)C(C#N)c1ccc(Cl)cc1. The summed E-state index contributed by atoms with van der Waals surface area (Å²) < 4.78 is 0. The van der Waals surface area contributed by atoms with Gasteiger partial charge in [0.15, 0.2) is 5.78 Å². The Hall–Kier alpha value is -1.33. The third-order valence-electron chi connectivity index (χ3n) is 3.29. The first kappa shape index (κ1) is 15.7. The van der Waals surface area contributed by atoms with Crippen molar-refractivity contribution in [1.82, 2.24) is 0 Å². The number of hydrogen-bond donors (Lipinski definition) is 0. The van der Waals surface area contributed by atoms with E-state index in [0.29, 0.717) is 5.02 Å². The lowest BCUT2D eigenvalue weighted by atomic mass is 9.84. The fourth-order valence-electron chi connectivity index (χ4n) is 2.32. The van der Waals surface area contributed by atoms with Gasteiger partial charge in [0, 0.05) is 10.9 Å². The maximum Gasteiger partial charge on any atom is 0.157 e. The molecule has 0 spiro atoms. The number of nitriles is 1. The lowest BCUT2D eigenvalue weighted by Gasteiger charge is -2.17. The number of rotatable bonds is 7. The van der Waals surface area contributed by atoms with E-state index in [-0.39, 0.29) is 11.7 Å². The highest BCUT2D eigenvalue weighted by atomic mass is 35.5. The van der Waals surface area contributed by atoms with Crippen LogP contribution in [-0.2, 0) is 4.79 Å². The Morgan fingerprint density at radius 1 is 1.21 bits per heavy atom. The summed E-state index contributed by atoms with van der Waals surface area (Å²) in [6.07, 6.45) is 3.65. The van der Waals surface area contributed by atoms with Gasteiger partial charge in [-0.3, -0.25) is 4.79 Å². The molecule has 19 heavy (non-hydrogen) atoms. The van der Waals surface area contributed by atoms with E-state index >= 15 is 0 Å². The fourth-order valence-corrected chi connectivity index (χ4v) is 2.45. The molecule has 0 fully saturated rings. The van der Waals surface area contributed by atoms with Gasteiger partial charge in [-0.2, -0.15) is 5.26 Å². The summed E-state index contributed by atoms with van der Waals surface area (Å²) in [5, 5.41) is 9.92. The number of hydrogen-bond acceptors (Lipinski definition) is 2. The van der Waals surface area contributed by atoms with Crippen LogP contribution in [-0.4, -0.2) is 5.78 Å². The molecule has 0 N–H and O–H groups in total. The smallest absolute Gasteiger partial charge is 0.157 e. The van der Waals surface area contributed by atoms with E-state index < -0.39 is 5.92 Å². The minimum Gasteiger partial charge on any atom is -0.298 e. The largest absolute Gasteiger partial charge is 0.298 e. The lowest BCUT2D eigenvalue weighted by molar-refractivity contribution is -0.123. The van der Waals surface area contributed by atoms with Crippen LogP contribution < -0.4 is 0 Å². The normalized spacial score (nSPS) is 12.2. The number of nitrogens with zero attached hydrogens (tertiary/aromatic N) is 1. The molecule has 102 valence electrons. The van der Waals surface area contributed by atoms with Gasteiger partial charge in [-0.25, -0.2) is 0 Å². The third kappa shape index (κ3) is 4.36. The number of benzene rings is 1. The molecule has 0 saturated carbocycles. The summed E-state index contributed by atoms with van der Waals surface area (Å²) in [6, 6.07) is 9.13. The van der Waals surface area contributed by atoms with Crippen molar-refractivity contribution >= 4 is 17.4 Å². The number of halogens is 1. The highest BCUT2D eigenvalue weighted by Gasteiger charge is 2.26. The van der Waals surface area contributed by atoms with Crippen LogP contribution in [0.2, 0.25) is 5.02 Å². The van der Waals surface area contributed by atoms with Gasteiger partial charge in [0.25, 0.3) is 0 Å². The monoisotopic (exact) mass is 277 g/mol. The topological polar surface area (TPSA) is 40.9 Å². The molecule has 0 amide bonds. The minimum absolute atomic E-state index is 0.00433. The van der Waals surface area contributed by atoms with Crippen molar-refractivity contribution in [1.29, 1.82) is 5.26 Å². The molecular weight excluding hydrogens is 258 g/mol. The summed E-state index contributed by atoms with van der Waals surface area (Å²) in [4.78, 5) is 12.5. The van der Waals surface area contributed by atoms with Crippen molar-refractivity contribution in [2.24, 2.45) is 5.92 Å². The molecule has 0 radical (unpaired) electrons. The molecule has 3 heteroatoms. The second kappa shape index (κ2) is 7.96. The second-order valence-electron chi connectivity index (χ2n) is 4.79. The molecule has 1 unspecified atom stereocenters. The van der Waals surface area contributed by atoms with Crippen LogP contribution in [0.5, 0.6) is 0 Å². The van der Waals surface area contributed by atoms with Crippen molar-refractivity contribution in [2.75, 3.05) is 0 Å². The number of carbonyl (C=O) groups is 1. The second-order valence-corrected chi connectivity index (χ2v) is 5.23. The first-order valence-corrected chi connectivity index (χ1v) is 7.20. The van der Waals surface area contributed by atoms with Gasteiger partial charge in [-0.05, 0) is 30.5 Å². The predicted octanol–water partition coefficient (Wildman–Crippen LogP) is 4.73. The molecule has 2 nitrogen and oxygen atoms in total. The molecule has 0 aliphatic rings. The summed E-state index contributed by atoms with van der Waals surface area (Å²) in [5.41, 5.74) is 0.745. The molecule has 0 aliphatic heterocycles. The molecule has 0 heterocycles. The van der Waals surface area contributed by atoms with Gasteiger partial charge >= 0.3 is 0 Å². The molecule has 1 rings (SSSR count). The highest BCUT2D eigenvalue weighted by Crippen LogP contribution is 2.26. The summed E-state index contributed by atoms with van der Waals surface area (Å²) in [6.45, 7) is 4.14. The third-order valence-corrected chi connectivity index (χ3v) is 3.55. The van der Waals surface area contributed by atoms with E-state index in [1.54, 1.807) is 24.3 Å². The van der Waals surface area contributed by atoms with Crippen molar-refractivity contribution in [3.8, 4) is 6.07 Å². The fraction of sp³-hybridized carbons (Fsp3) is 0.500. The number of Topliss-reactive ketones (excluding diaryl/α,β-unsaturated/α-hetero) is 1. The first-order valence-electron chi connectivity index (χ1n) is 6.82. The Labute approximate surface area is 120 Å². The van der Waals surface area contributed by atoms with Crippen LogP contribution in [0.15, 0.2) is 24.3 Å². The Morgan fingerprint density at radius 3 is 2.16 bits per heavy atom. The average molecular weight is 278 g/mol. The standard InChI is InChI=1S/C16H20ClNO/c1-3-5-13(6-4-2)16(19)15(11-18)12-7-9-14(17)10-8-12/h7-10,13,15H,3-6H2,1-2H3. The number of ketones is 1. The average Bonchev–Trinajstić information content (AvgIpc) is 2.41. The Balaban J connectivity index is 2.92. The van der Waals surface area contributed by atoms with Gasteiger partial charge in [-0.1, -0.05) is 50.4 Å². The summed E-state index contributed by atoms with van der Waals surface area (Å²) in [5.74, 6) is -0.621. The van der Waals surface area contributed by atoms with Gasteiger partial charge in [0.1, 0.15) is 5.92 Å². The van der Waals surface area contributed by atoms with E-state index in [1.807, 2.05) is 0 Å². The van der Waals surface area contributed by atoms with Crippen molar-refractivity contribution < 1.29 is 4.79 Å². The molecular formula is C16H20ClNO. The first-order chi connectivity index (χ1) is 9.13. The van der Waals surface area contributed by atoms with Crippen LogP contribution in [0.3, 0.4) is 0 Å².